The highest BCUT2D eigenvalue weighted by Gasteiger charge is 2.10. The van der Waals surface area contributed by atoms with Crippen LogP contribution in [0.4, 0.5) is 22.9 Å². The van der Waals surface area contributed by atoms with Gasteiger partial charge < -0.3 is 21.1 Å². The van der Waals surface area contributed by atoms with E-state index in [1.807, 2.05) is 66.7 Å². The average Bonchev–Trinajstić information content (AvgIpc) is 2.96. The summed E-state index contributed by atoms with van der Waals surface area (Å²) in [7, 11) is -1.47. The number of nitrogens with zero attached hydrogens (tertiary/aromatic N) is 2. The summed E-state index contributed by atoms with van der Waals surface area (Å²) in [5, 5.41) is 7.10. The fraction of sp³-hybridized carbons (Fsp3) is 0.121. The number of para-hydroxylation sites is 2. The molecule has 0 bridgehead atoms. The Morgan fingerprint density at radius 2 is 1.73 bits per heavy atom. The van der Waals surface area contributed by atoms with Crippen LogP contribution in [0.5, 0.6) is 5.75 Å². The normalized spacial score (nSPS) is 10.9. The van der Waals surface area contributed by atoms with Gasteiger partial charge in [-0.15, -0.1) is 5.54 Å². The number of nitrogens with two attached hydrogens (primary N) is 1. The number of nitrogen functional groups attached to an aromatic ring is 1. The molecule has 0 aliphatic heterocycles. The van der Waals surface area contributed by atoms with E-state index in [0.717, 1.165) is 27.7 Å². The summed E-state index contributed by atoms with van der Waals surface area (Å²) in [6.07, 6.45) is 1.55. The Morgan fingerprint density at radius 1 is 0.927 bits per heavy atom. The summed E-state index contributed by atoms with van der Waals surface area (Å²) >= 11 is 0. The Labute approximate surface area is 240 Å². The highest BCUT2D eigenvalue weighted by Crippen LogP contribution is 2.27. The first-order valence-corrected chi connectivity index (χ1v) is 16.8. The predicted molar refractivity (Wildman–Crippen MR) is 169 cm³/mol. The minimum absolute atomic E-state index is 0.224. The van der Waals surface area contributed by atoms with Crippen LogP contribution in [-0.2, 0) is 6.61 Å². The smallest absolute Gasteiger partial charge is 0.255 e. The van der Waals surface area contributed by atoms with Crippen molar-refractivity contribution >= 4 is 47.8 Å². The van der Waals surface area contributed by atoms with Crippen molar-refractivity contribution in [3.8, 4) is 17.2 Å². The Balaban J connectivity index is 1.27. The number of nitrogens with one attached hydrogen (secondary N) is 2. The third-order valence-corrected chi connectivity index (χ3v) is 7.02. The van der Waals surface area contributed by atoms with E-state index in [1.54, 1.807) is 30.6 Å². The molecule has 8 heteroatoms. The van der Waals surface area contributed by atoms with Crippen LogP contribution in [0.1, 0.15) is 21.5 Å². The zero-order valence-corrected chi connectivity index (χ0v) is 24.2. The molecule has 0 aliphatic rings. The fourth-order valence-electron chi connectivity index (χ4n) is 4.02. The van der Waals surface area contributed by atoms with Crippen LogP contribution in [-0.4, -0.2) is 23.9 Å². The number of carbonyl (C=O) groups is 1. The SMILES string of the molecule is C[Si](C)(C)C#Cc1cccc(Nc2ncnc3ccc(OCc4ccc(C(=O)Nc5ccccc5N)cc4)cc23)c1. The van der Waals surface area contributed by atoms with Crippen LogP contribution in [0, 0.1) is 11.5 Å². The van der Waals surface area contributed by atoms with Gasteiger partial charge >= 0.3 is 0 Å². The molecule has 1 amide bonds. The van der Waals surface area contributed by atoms with E-state index in [4.69, 9.17) is 10.5 Å². The van der Waals surface area contributed by atoms with Crippen molar-refractivity contribution in [2.45, 2.75) is 26.2 Å². The molecule has 4 aromatic carbocycles. The van der Waals surface area contributed by atoms with E-state index in [9.17, 15) is 4.79 Å². The maximum atomic E-state index is 12.6. The third kappa shape index (κ3) is 7.29. The molecule has 0 atom stereocenters. The number of hydrogen-bond donors (Lipinski definition) is 3. The van der Waals surface area contributed by atoms with Crippen molar-refractivity contribution in [1.82, 2.24) is 9.97 Å². The second-order valence-corrected chi connectivity index (χ2v) is 15.4. The molecule has 0 saturated heterocycles. The number of benzene rings is 4. The first kappa shape index (κ1) is 27.4. The van der Waals surface area contributed by atoms with Crippen LogP contribution in [0.25, 0.3) is 10.9 Å². The van der Waals surface area contributed by atoms with Gasteiger partial charge in [0.1, 0.15) is 32.6 Å². The van der Waals surface area contributed by atoms with Gasteiger partial charge in [-0.1, -0.05) is 55.9 Å². The minimum Gasteiger partial charge on any atom is -0.489 e. The lowest BCUT2D eigenvalue weighted by Crippen LogP contribution is -2.16. The number of amides is 1. The van der Waals surface area contributed by atoms with Crippen molar-refractivity contribution in [1.29, 1.82) is 0 Å². The molecule has 7 nitrogen and oxygen atoms in total. The van der Waals surface area contributed by atoms with Crippen LogP contribution < -0.4 is 21.1 Å². The van der Waals surface area contributed by atoms with Crippen molar-refractivity contribution in [3.63, 3.8) is 0 Å². The molecule has 5 rings (SSSR count). The lowest BCUT2D eigenvalue weighted by Gasteiger charge is -2.12. The zero-order valence-electron chi connectivity index (χ0n) is 23.2. The molecule has 0 unspecified atom stereocenters. The van der Waals surface area contributed by atoms with Crippen LogP contribution >= 0.6 is 0 Å². The number of hydrogen-bond acceptors (Lipinski definition) is 6. The summed E-state index contributed by atoms with van der Waals surface area (Å²) in [6.45, 7) is 7.03. The van der Waals surface area contributed by atoms with E-state index in [-0.39, 0.29) is 5.91 Å². The molecule has 0 saturated carbocycles. The molecule has 1 aromatic heterocycles. The maximum Gasteiger partial charge on any atom is 0.255 e. The van der Waals surface area contributed by atoms with E-state index in [0.29, 0.717) is 35.1 Å². The van der Waals surface area contributed by atoms with Crippen LogP contribution in [0.15, 0.2) is 97.3 Å². The summed E-state index contributed by atoms with van der Waals surface area (Å²) in [5.74, 6) is 4.45. The van der Waals surface area contributed by atoms with Crippen molar-refractivity contribution in [2.24, 2.45) is 0 Å². The van der Waals surface area contributed by atoms with Gasteiger partial charge in [-0.05, 0) is 66.2 Å². The minimum atomic E-state index is -1.47. The molecule has 4 N–H and O–H groups in total. The Hall–Kier alpha value is -5.13. The molecule has 0 radical (unpaired) electrons. The van der Waals surface area contributed by atoms with Gasteiger partial charge in [0.2, 0.25) is 0 Å². The summed E-state index contributed by atoms with van der Waals surface area (Å²) < 4.78 is 6.09. The molecular weight excluding hydrogens is 526 g/mol. The van der Waals surface area contributed by atoms with E-state index in [1.165, 1.54) is 0 Å². The largest absolute Gasteiger partial charge is 0.489 e. The topological polar surface area (TPSA) is 102 Å². The standard InChI is InChI=1S/C33H31N5O2Si/c1-41(2,3)18-17-23-7-6-8-26(19-23)37-32-28-20-27(15-16-30(28)35-22-36-32)40-21-24-11-13-25(14-12-24)33(39)38-31-10-5-4-9-29(31)34/h4-16,19-20,22H,21,34H2,1-3H3,(H,38,39)(H,35,36,37). The highest BCUT2D eigenvalue weighted by molar-refractivity contribution is 6.83. The number of fused-ring (bicyclic) bond motifs is 1. The number of rotatable bonds is 7. The van der Waals surface area contributed by atoms with Gasteiger partial charge in [-0.25, -0.2) is 9.97 Å². The van der Waals surface area contributed by atoms with Gasteiger partial charge in [0.25, 0.3) is 5.91 Å². The van der Waals surface area contributed by atoms with Crippen molar-refractivity contribution < 1.29 is 9.53 Å². The van der Waals surface area contributed by atoms with Crippen LogP contribution in [0.2, 0.25) is 19.6 Å². The average molecular weight is 558 g/mol. The second-order valence-electron chi connectivity index (χ2n) is 10.6. The second kappa shape index (κ2) is 11.9. The summed E-state index contributed by atoms with van der Waals surface area (Å²) in [5.41, 5.74) is 14.6. The lowest BCUT2D eigenvalue weighted by molar-refractivity contribution is 0.102. The first-order valence-electron chi connectivity index (χ1n) is 13.3. The Bertz CT molecular complexity index is 1770. The lowest BCUT2D eigenvalue weighted by atomic mass is 10.1. The van der Waals surface area contributed by atoms with E-state index in [2.05, 4.69) is 51.7 Å². The monoisotopic (exact) mass is 557 g/mol. The van der Waals surface area contributed by atoms with Crippen LogP contribution in [0.3, 0.4) is 0 Å². The number of carbonyl (C=O) groups excluding carboxylic acids is 1. The fourth-order valence-corrected chi connectivity index (χ4v) is 4.54. The number of anilines is 4. The molecular formula is C33H31N5O2Si. The molecule has 204 valence electrons. The zero-order chi connectivity index (χ0) is 28.8. The van der Waals surface area contributed by atoms with E-state index < -0.39 is 8.07 Å². The predicted octanol–water partition coefficient (Wildman–Crippen LogP) is 7.02. The quantitative estimate of drug-likeness (QED) is 0.113. The number of aromatic nitrogens is 2. The van der Waals surface area contributed by atoms with Gasteiger partial charge in [0.15, 0.2) is 0 Å². The van der Waals surface area contributed by atoms with Gasteiger partial charge in [-0.3, -0.25) is 4.79 Å². The number of ether oxygens (including phenoxy) is 1. The highest BCUT2D eigenvalue weighted by atomic mass is 28.3. The van der Waals surface area contributed by atoms with Gasteiger partial charge in [0.05, 0.1) is 16.9 Å². The molecule has 41 heavy (non-hydrogen) atoms. The molecule has 0 fully saturated rings. The maximum absolute atomic E-state index is 12.6. The Morgan fingerprint density at radius 3 is 2.51 bits per heavy atom. The molecule has 0 spiro atoms. The van der Waals surface area contributed by atoms with Gasteiger partial charge in [-0.2, -0.15) is 0 Å². The van der Waals surface area contributed by atoms with Crippen molar-refractivity contribution in [2.75, 3.05) is 16.4 Å². The molecule has 1 heterocycles. The first-order chi connectivity index (χ1) is 19.7. The van der Waals surface area contributed by atoms with E-state index >= 15 is 0 Å². The van der Waals surface area contributed by atoms with Gasteiger partial charge in [0, 0.05) is 22.2 Å². The molecule has 5 aromatic rings. The van der Waals surface area contributed by atoms with Crippen molar-refractivity contribution in [3.05, 3.63) is 114 Å². The summed E-state index contributed by atoms with van der Waals surface area (Å²) in [6, 6.07) is 28.2. The summed E-state index contributed by atoms with van der Waals surface area (Å²) in [4.78, 5) is 21.5. The third-order valence-electron chi connectivity index (χ3n) is 6.14. The Kier molecular flexibility index (Phi) is 7.99. The molecule has 0 aliphatic carbocycles.